The van der Waals surface area contributed by atoms with Gasteiger partial charge in [0.1, 0.15) is 0 Å². The van der Waals surface area contributed by atoms with Crippen molar-refractivity contribution in [3.05, 3.63) is 45.2 Å². The van der Waals surface area contributed by atoms with Gasteiger partial charge in [-0.05, 0) is 50.5 Å². The van der Waals surface area contributed by atoms with E-state index in [9.17, 15) is 9.59 Å². The second-order valence-corrected chi connectivity index (χ2v) is 7.04. The lowest BCUT2D eigenvalue weighted by molar-refractivity contribution is -0.153. The number of carbonyl (C=O) groups is 2. The van der Waals surface area contributed by atoms with Gasteiger partial charge in [-0.15, -0.1) is 0 Å². The van der Waals surface area contributed by atoms with E-state index in [4.69, 9.17) is 27.9 Å². The maximum Gasteiger partial charge on any atom is 0.307 e. The molecule has 0 aliphatic carbocycles. The molecule has 0 saturated carbocycles. The molecule has 0 aliphatic heterocycles. The number of anilines is 1. The van der Waals surface area contributed by atoms with E-state index >= 15 is 0 Å². The van der Waals surface area contributed by atoms with E-state index in [2.05, 4.69) is 15.5 Å². The van der Waals surface area contributed by atoms with Gasteiger partial charge in [-0.25, -0.2) is 0 Å². The predicted octanol–water partition coefficient (Wildman–Crippen LogP) is 4.40. The Labute approximate surface area is 162 Å². The first-order valence-corrected chi connectivity index (χ1v) is 8.91. The molecule has 0 fully saturated rings. The monoisotopic (exact) mass is 397 g/mol. The van der Waals surface area contributed by atoms with Crippen LogP contribution in [0.4, 0.5) is 5.69 Å². The lowest BCUT2D eigenvalue weighted by atomic mass is 9.96. The molecule has 8 heteroatoms. The normalized spacial score (nSPS) is 13.2. The fourth-order valence-corrected chi connectivity index (χ4v) is 3.10. The Kier molecular flexibility index (Phi) is 6.67. The van der Waals surface area contributed by atoms with Crippen LogP contribution in [-0.4, -0.2) is 28.2 Å². The van der Waals surface area contributed by atoms with E-state index in [1.54, 1.807) is 12.1 Å². The number of benzene rings is 1. The molecule has 140 valence electrons. The summed E-state index contributed by atoms with van der Waals surface area (Å²) in [5.41, 5.74) is 3.13. The molecule has 0 bridgehead atoms. The Bertz CT molecular complexity index is 801. The van der Waals surface area contributed by atoms with E-state index < -0.39 is 18.0 Å². The quantitative estimate of drug-likeness (QED) is 0.707. The molecule has 2 atom stereocenters. The van der Waals surface area contributed by atoms with Gasteiger partial charge in [0.25, 0.3) is 5.91 Å². The zero-order chi connectivity index (χ0) is 19.4. The minimum absolute atomic E-state index is 0.0705. The Balaban J connectivity index is 1.94. The number of ether oxygens (including phenoxy) is 1. The molecular weight excluding hydrogens is 377 g/mol. The van der Waals surface area contributed by atoms with Gasteiger partial charge in [0, 0.05) is 10.7 Å². The van der Waals surface area contributed by atoms with E-state index in [1.165, 1.54) is 13.0 Å². The first-order valence-electron chi connectivity index (χ1n) is 8.16. The number of amides is 1. The fourth-order valence-electron chi connectivity index (χ4n) is 2.76. The highest BCUT2D eigenvalue weighted by Gasteiger charge is 2.23. The summed E-state index contributed by atoms with van der Waals surface area (Å²) in [6.45, 7) is 7.21. The molecule has 0 radical (unpaired) electrons. The number of nitrogens with zero attached hydrogens (tertiary/aromatic N) is 1. The molecule has 0 aliphatic rings. The Hall–Kier alpha value is -2.05. The number of aryl methyl sites for hydroxylation is 2. The third kappa shape index (κ3) is 4.99. The van der Waals surface area contributed by atoms with Gasteiger partial charge < -0.3 is 10.1 Å². The third-order valence-electron chi connectivity index (χ3n) is 4.01. The van der Waals surface area contributed by atoms with Crippen LogP contribution in [0, 0.1) is 13.8 Å². The summed E-state index contributed by atoms with van der Waals surface area (Å²) in [6.07, 6.45) is -0.812. The van der Waals surface area contributed by atoms with Crippen molar-refractivity contribution in [3.63, 3.8) is 0 Å². The molecule has 1 aromatic heterocycles. The number of hydrogen-bond acceptors (Lipinski definition) is 4. The average Bonchev–Trinajstić information content (AvgIpc) is 2.89. The molecule has 26 heavy (non-hydrogen) atoms. The molecule has 0 spiro atoms. The maximum atomic E-state index is 12.2. The average molecular weight is 398 g/mol. The summed E-state index contributed by atoms with van der Waals surface area (Å²) in [7, 11) is 0. The molecule has 0 saturated heterocycles. The van der Waals surface area contributed by atoms with Gasteiger partial charge in [0.15, 0.2) is 6.10 Å². The Morgan fingerprint density at radius 2 is 1.96 bits per heavy atom. The largest absolute Gasteiger partial charge is 0.453 e. The highest BCUT2D eigenvalue weighted by Crippen LogP contribution is 2.26. The van der Waals surface area contributed by atoms with Crippen LogP contribution < -0.4 is 5.32 Å². The summed E-state index contributed by atoms with van der Waals surface area (Å²) in [4.78, 5) is 24.4. The number of esters is 1. The minimum atomic E-state index is -0.962. The van der Waals surface area contributed by atoms with Gasteiger partial charge in [-0.3, -0.25) is 14.7 Å². The van der Waals surface area contributed by atoms with Gasteiger partial charge in [0.05, 0.1) is 22.8 Å². The second kappa shape index (κ2) is 8.56. The number of nitrogens with one attached hydrogen (secondary N) is 2. The molecule has 2 N–H and O–H groups in total. The standard InChI is InChI=1S/C18H21Cl2N3O3/c1-9(17-10(2)22-23-11(17)3)7-16(24)26-12(4)18(25)21-15-8-13(19)5-6-14(15)20/h5-6,8-9,12H,7H2,1-4H3,(H,21,25)(H,22,23)/t9-,12-/m0/s1. The number of hydrogen-bond donors (Lipinski definition) is 2. The minimum Gasteiger partial charge on any atom is -0.453 e. The summed E-state index contributed by atoms with van der Waals surface area (Å²) in [5.74, 6) is -1.01. The van der Waals surface area contributed by atoms with E-state index in [0.717, 1.165) is 17.0 Å². The number of aromatic nitrogens is 2. The summed E-state index contributed by atoms with van der Waals surface area (Å²) in [6, 6.07) is 4.72. The smallest absolute Gasteiger partial charge is 0.307 e. The van der Waals surface area contributed by atoms with Crippen molar-refractivity contribution in [1.82, 2.24) is 10.2 Å². The van der Waals surface area contributed by atoms with Crippen molar-refractivity contribution >= 4 is 40.8 Å². The highest BCUT2D eigenvalue weighted by molar-refractivity contribution is 6.35. The Morgan fingerprint density at radius 3 is 2.58 bits per heavy atom. The van der Waals surface area contributed by atoms with Crippen LogP contribution in [0.2, 0.25) is 10.0 Å². The molecule has 1 aromatic carbocycles. The van der Waals surface area contributed by atoms with Crippen LogP contribution in [0.5, 0.6) is 0 Å². The van der Waals surface area contributed by atoms with Crippen molar-refractivity contribution in [2.24, 2.45) is 0 Å². The van der Waals surface area contributed by atoms with Crippen LogP contribution in [0.15, 0.2) is 18.2 Å². The second-order valence-electron chi connectivity index (χ2n) is 6.20. The van der Waals surface area contributed by atoms with E-state index in [1.807, 2.05) is 20.8 Å². The van der Waals surface area contributed by atoms with Crippen molar-refractivity contribution in [1.29, 1.82) is 0 Å². The van der Waals surface area contributed by atoms with Gasteiger partial charge in [-0.2, -0.15) is 5.10 Å². The lowest BCUT2D eigenvalue weighted by Gasteiger charge is -2.16. The summed E-state index contributed by atoms with van der Waals surface area (Å²) < 4.78 is 5.25. The van der Waals surface area contributed by atoms with Crippen LogP contribution in [0.1, 0.15) is 43.1 Å². The molecule has 2 aromatic rings. The summed E-state index contributed by atoms with van der Waals surface area (Å²) >= 11 is 11.9. The topological polar surface area (TPSA) is 84.1 Å². The van der Waals surface area contributed by atoms with E-state index in [-0.39, 0.29) is 12.3 Å². The molecule has 1 heterocycles. The zero-order valence-corrected chi connectivity index (χ0v) is 16.5. The van der Waals surface area contributed by atoms with E-state index in [0.29, 0.717) is 15.7 Å². The van der Waals surface area contributed by atoms with Crippen LogP contribution in [0.3, 0.4) is 0 Å². The highest BCUT2D eigenvalue weighted by atomic mass is 35.5. The maximum absolute atomic E-state index is 12.2. The van der Waals surface area contributed by atoms with Gasteiger partial charge >= 0.3 is 5.97 Å². The number of halogens is 2. The molecule has 0 unspecified atom stereocenters. The molecule has 6 nitrogen and oxygen atoms in total. The zero-order valence-electron chi connectivity index (χ0n) is 15.0. The van der Waals surface area contributed by atoms with Crippen LogP contribution in [-0.2, 0) is 14.3 Å². The number of H-pyrrole nitrogens is 1. The molecular formula is C18H21Cl2N3O3. The predicted molar refractivity (Wildman–Crippen MR) is 102 cm³/mol. The number of rotatable bonds is 6. The van der Waals surface area contributed by atoms with Crippen molar-refractivity contribution in [2.75, 3.05) is 5.32 Å². The fraction of sp³-hybridized carbons (Fsp3) is 0.389. The molecule has 1 amide bonds. The summed E-state index contributed by atoms with van der Waals surface area (Å²) in [5, 5.41) is 10.4. The first kappa shape index (κ1) is 20.3. The number of carbonyl (C=O) groups excluding carboxylic acids is 2. The lowest BCUT2D eigenvalue weighted by Crippen LogP contribution is -2.30. The van der Waals surface area contributed by atoms with Gasteiger partial charge in [0.2, 0.25) is 0 Å². The van der Waals surface area contributed by atoms with Crippen molar-refractivity contribution in [3.8, 4) is 0 Å². The number of aromatic amines is 1. The SMILES string of the molecule is Cc1n[nH]c(C)c1[C@@H](C)CC(=O)O[C@@H](C)C(=O)Nc1cc(Cl)ccc1Cl. The third-order valence-corrected chi connectivity index (χ3v) is 4.58. The molecule has 2 rings (SSSR count). The van der Waals surface area contributed by atoms with Crippen LogP contribution in [0.25, 0.3) is 0 Å². The van der Waals surface area contributed by atoms with Crippen molar-refractivity contribution in [2.45, 2.75) is 46.1 Å². The Morgan fingerprint density at radius 1 is 1.27 bits per heavy atom. The van der Waals surface area contributed by atoms with Gasteiger partial charge in [-0.1, -0.05) is 30.1 Å². The van der Waals surface area contributed by atoms with Crippen LogP contribution >= 0.6 is 23.2 Å². The first-order chi connectivity index (χ1) is 12.2. The van der Waals surface area contributed by atoms with Crippen molar-refractivity contribution < 1.29 is 14.3 Å².